The molecule has 2 aromatic carbocycles. The van der Waals surface area contributed by atoms with Crippen LogP contribution in [0.2, 0.25) is 5.02 Å². The Morgan fingerprint density at radius 3 is 2.68 bits per heavy atom. The lowest BCUT2D eigenvalue weighted by Crippen LogP contribution is -2.16. The van der Waals surface area contributed by atoms with Gasteiger partial charge in [-0.1, -0.05) is 23.7 Å². The van der Waals surface area contributed by atoms with E-state index in [0.29, 0.717) is 16.9 Å². The maximum absolute atomic E-state index is 13.5. The molecule has 2 aromatic heterocycles. The van der Waals surface area contributed by atoms with Crippen molar-refractivity contribution in [2.75, 3.05) is 18.2 Å². The number of carbonyl (C=O) groups excluding carboxylic acids is 1. The number of nitrogens with zero attached hydrogens (tertiary/aromatic N) is 4. The number of amides is 1. The number of anilines is 2. The summed E-state index contributed by atoms with van der Waals surface area (Å²) in [4.78, 5) is 17.7. The summed E-state index contributed by atoms with van der Waals surface area (Å²) in [6.45, 7) is 0. The van der Waals surface area contributed by atoms with E-state index in [1.807, 2.05) is 23.9 Å². The maximum Gasteiger partial charge on any atom is 0.261 e. The van der Waals surface area contributed by atoms with Crippen LogP contribution in [0.4, 0.5) is 15.9 Å². The Bertz CT molecular complexity index is 1480. The molecule has 10 heteroatoms. The second-order valence-corrected chi connectivity index (χ2v) is 9.85. The Morgan fingerprint density at radius 2 is 1.97 bits per heavy atom. The van der Waals surface area contributed by atoms with Crippen LogP contribution in [0.5, 0.6) is 5.75 Å². The molecule has 1 amide bonds. The van der Waals surface area contributed by atoms with Gasteiger partial charge in [-0.3, -0.25) is 9.48 Å². The number of imidazole rings is 1. The maximum atomic E-state index is 13.5. The third-order valence-corrected chi connectivity index (χ3v) is 7.31. The smallest absolute Gasteiger partial charge is 0.261 e. The van der Waals surface area contributed by atoms with Crippen LogP contribution in [0.15, 0.2) is 48.9 Å². The second-order valence-electron chi connectivity index (χ2n) is 9.44. The van der Waals surface area contributed by atoms with Gasteiger partial charge in [0.15, 0.2) is 0 Å². The van der Waals surface area contributed by atoms with Crippen molar-refractivity contribution < 1.29 is 13.9 Å². The first-order valence-corrected chi connectivity index (χ1v) is 12.4. The molecule has 0 aliphatic heterocycles. The quantitative estimate of drug-likeness (QED) is 0.348. The lowest BCUT2D eigenvalue weighted by atomic mass is 9.92. The lowest BCUT2D eigenvalue weighted by molar-refractivity contribution is 0.102. The fourth-order valence-corrected chi connectivity index (χ4v) is 5.31. The van der Waals surface area contributed by atoms with Crippen LogP contribution < -0.4 is 15.8 Å². The largest absolute Gasteiger partial charge is 0.496 e. The van der Waals surface area contributed by atoms with Gasteiger partial charge in [-0.2, -0.15) is 5.10 Å². The Kier molecular flexibility index (Phi) is 6.64. The van der Waals surface area contributed by atoms with Crippen molar-refractivity contribution in [3.63, 3.8) is 0 Å². The van der Waals surface area contributed by atoms with Crippen LogP contribution in [-0.2, 0) is 14.1 Å². The summed E-state index contributed by atoms with van der Waals surface area (Å²) in [5.74, 6) is 0.437. The third kappa shape index (κ3) is 4.79. The summed E-state index contributed by atoms with van der Waals surface area (Å²) in [7, 11) is 5.34. The Morgan fingerprint density at radius 1 is 1.19 bits per heavy atom. The zero-order valence-corrected chi connectivity index (χ0v) is 21.6. The minimum atomic E-state index is -0.554. The number of benzene rings is 2. The molecule has 2 heterocycles. The molecule has 4 aromatic rings. The number of ether oxygens (including phenoxy) is 1. The number of carbonyl (C=O) groups is 1. The van der Waals surface area contributed by atoms with Gasteiger partial charge in [0.2, 0.25) is 0 Å². The molecular formula is C27H28ClFN6O2. The molecule has 1 saturated carbocycles. The van der Waals surface area contributed by atoms with Crippen LogP contribution in [-0.4, -0.2) is 32.3 Å². The number of hydrogen-bond acceptors (Lipinski definition) is 5. The van der Waals surface area contributed by atoms with Crippen LogP contribution >= 0.6 is 11.6 Å². The highest BCUT2D eigenvalue weighted by Crippen LogP contribution is 2.47. The highest BCUT2D eigenvalue weighted by Gasteiger charge is 2.34. The average Bonchev–Trinajstić information content (AvgIpc) is 3.60. The van der Waals surface area contributed by atoms with E-state index in [1.165, 1.54) is 22.9 Å². The van der Waals surface area contributed by atoms with E-state index < -0.39 is 11.7 Å². The van der Waals surface area contributed by atoms with Crippen LogP contribution in [0.1, 0.15) is 52.7 Å². The number of aromatic nitrogens is 4. The van der Waals surface area contributed by atoms with Gasteiger partial charge in [0.05, 0.1) is 29.8 Å². The van der Waals surface area contributed by atoms with Gasteiger partial charge in [0.25, 0.3) is 5.91 Å². The minimum Gasteiger partial charge on any atom is -0.496 e. The molecule has 37 heavy (non-hydrogen) atoms. The zero-order valence-electron chi connectivity index (χ0n) is 20.8. The first-order chi connectivity index (χ1) is 17.7. The van der Waals surface area contributed by atoms with Crippen molar-refractivity contribution in [3.05, 3.63) is 76.6 Å². The van der Waals surface area contributed by atoms with E-state index in [1.54, 1.807) is 20.5 Å². The van der Waals surface area contributed by atoms with E-state index in [0.717, 1.165) is 41.8 Å². The number of aryl methyl sites for hydroxylation is 2. The molecule has 0 saturated heterocycles. The number of nitrogens with one attached hydrogen (secondary N) is 1. The zero-order chi connectivity index (χ0) is 26.3. The fraction of sp³-hybridized carbons (Fsp3) is 0.296. The van der Waals surface area contributed by atoms with E-state index in [-0.39, 0.29) is 22.7 Å². The summed E-state index contributed by atoms with van der Waals surface area (Å²) in [6, 6.07) is 10.2. The number of nitrogen functional groups attached to an aromatic ring is 1. The molecule has 1 fully saturated rings. The predicted molar refractivity (Wildman–Crippen MR) is 142 cm³/mol. The monoisotopic (exact) mass is 522 g/mol. The van der Waals surface area contributed by atoms with E-state index in [4.69, 9.17) is 22.1 Å². The Hall–Kier alpha value is -3.85. The van der Waals surface area contributed by atoms with Gasteiger partial charge in [-0.15, -0.1) is 0 Å². The third-order valence-electron chi connectivity index (χ3n) is 7.02. The van der Waals surface area contributed by atoms with Crippen molar-refractivity contribution in [2.45, 2.75) is 31.1 Å². The normalized spacial score (nSPS) is 17.2. The van der Waals surface area contributed by atoms with Gasteiger partial charge in [0, 0.05) is 37.5 Å². The number of methoxy groups -OCH3 is 1. The summed E-state index contributed by atoms with van der Waals surface area (Å²) in [6.07, 6.45) is 6.33. The van der Waals surface area contributed by atoms with Crippen LogP contribution in [0, 0.1) is 5.82 Å². The van der Waals surface area contributed by atoms with E-state index >= 15 is 0 Å². The molecule has 0 spiro atoms. The topological polar surface area (TPSA) is 100.0 Å². The van der Waals surface area contributed by atoms with Gasteiger partial charge < -0.3 is 20.4 Å². The molecule has 192 valence electrons. The standard InChI is InChI=1S/C27H28ClFN6O2/c1-34-13-22(31-14-34)16-6-8-19(23(11-16)37-3)15-4-5-17(10-15)25-24(26(30)35(2)33-25)27(36)32-18-7-9-21(29)20(28)12-18/h6-9,11-15,17H,4-5,10,30H2,1-3H3,(H,32,36)/t15-,17-/m1/s1. The fourth-order valence-electron chi connectivity index (χ4n) is 5.13. The number of hydrogen-bond donors (Lipinski definition) is 2. The molecule has 8 nitrogen and oxygen atoms in total. The molecule has 0 radical (unpaired) electrons. The first-order valence-electron chi connectivity index (χ1n) is 12.0. The highest BCUT2D eigenvalue weighted by molar-refractivity contribution is 6.31. The van der Waals surface area contributed by atoms with Crippen molar-refractivity contribution >= 4 is 29.0 Å². The summed E-state index contributed by atoms with van der Waals surface area (Å²) >= 11 is 5.88. The molecule has 1 aliphatic rings. The van der Waals surface area contributed by atoms with Crippen LogP contribution in [0.25, 0.3) is 11.3 Å². The summed E-state index contributed by atoms with van der Waals surface area (Å²) in [5, 5.41) is 7.32. The van der Waals surface area contributed by atoms with Gasteiger partial charge in [0.1, 0.15) is 22.9 Å². The van der Waals surface area contributed by atoms with Crippen LogP contribution in [0.3, 0.4) is 0 Å². The van der Waals surface area contributed by atoms with Crippen molar-refractivity contribution in [3.8, 4) is 17.0 Å². The number of halogens is 2. The summed E-state index contributed by atoms with van der Waals surface area (Å²) in [5.41, 5.74) is 10.7. The van der Waals surface area contributed by atoms with Crippen molar-refractivity contribution in [1.82, 2.24) is 19.3 Å². The highest BCUT2D eigenvalue weighted by atomic mass is 35.5. The average molecular weight is 523 g/mol. The summed E-state index contributed by atoms with van der Waals surface area (Å²) < 4.78 is 22.7. The van der Waals surface area contributed by atoms with E-state index in [2.05, 4.69) is 27.5 Å². The molecule has 0 unspecified atom stereocenters. The molecule has 0 bridgehead atoms. The first kappa shape index (κ1) is 24.8. The SMILES string of the molecule is COc1cc(-c2cn(C)cn2)ccc1[C@@H]1CC[C@@H](c2nn(C)c(N)c2C(=O)Nc2ccc(F)c(Cl)c2)C1. The number of nitrogens with two attached hydrogens (primary N) is 1. The van der Waals surface area contributed by atoms with Gasteiger partial charge >= 0.3 is 0 Å². The minimum absolute atomic E-state index is 0.0474. The van der Waals surface area contributed by atoms with Crippen molar-refractivity contribution in [1.29, 1.82) is 0 Å². The number of rotatable bonds is 6. The molecular weight excluding hydrogens is 495 g/mol. The Labute approximate surface area is 219 Å². The molecule has 3 N–H and O–H groups in total. The van der Waals surface area contributed by atoms with Crippen molar-refractivity contribution in [2.24, 2.45) is 14.1 Å². The second kappa shape index (κ2) is 9.89. The van der Waals surface area contributed by atoms with Gasteiger partial charge in [-0.05, 0) is 55.0 Å². The van der Waals surface area contributed by atoms with Gasteiger partial charge in [-0.25, -0.2) is 9.37 Å². The molecule has 1 aliphatic carbocycles. The Balaban J connectivity index is 1.39. The molecule has 2 atom stereocenters. The predicted octanol–water partition coefficient (Wildman–Crippen LogP) is 5.51. The van der Waals surface area contributed by atoms with E-state index in [9.17, 15) is 9.18 Å². The lowest BCUT2D eigenvalue weighted by Gasteiger charge is -2.16. The molecule has 5 rings (SSSR count).